The summed E-state index contributed by atoms with van der Waals surface area (Å²) in [4.78, 5) is 4.01. The highest BCUT2D eigenvalue weighted by Gasteiger charge is 2.06. The van der Waals surface area contributed by atoms with Crippen LogP contribution in [-0.2, 0) is 6.42 Å². The lowest BCUT2D eigenvalue weighted by Crippen LogP contribution is -2.11. The fourth-order valence-electron chi connectivity index (χ4n) is 1.94. The molecule has 0 radical (unpaired) electrons. The normalized spacial score (nSPS) is 12.4. The molecule has 1 aromatic heterocycles. The predicted octanol–water partition coefficient (Wildman–Crippen LogP) is 3.02. The molecular formula is C15H18N2. The molecule has 0 saturated carbocycles. The van der Waals surface area contributed by atoms with Gasteiger partial charge in [0.2, 0.25) is 0 Å². The molecule has 1 heterocycles. The van der Waals surface area contributed by atoms with Crippen molar-refractivity contribution < 1.29 is 0 Å². The molecule has 0 aliphatic heterocycles. The molecule has 17 heavy (non-hydrogen) atoms. The predicted molar refractivity (Wildman–Crippen MR) is 70.7 cm³/mol. The van der Waals surface area contributed by atoms with Gasteiger partial charge in [-0.25, -0.2) is 0 Å². The number of pyridine rings is 1. The van der Waals surface area contributed by atoms with Crippen molar-refractivity contribution in [2.24, 2.45) is 5.73 Å². The van der Waals surface area contributed by atoms with Crippen LogP contribution in [-0.4, -0.2) is 4.98 Å². The van der Waals surface area contributed by atoms with Gasteiger partial charge in [-0.3, -0.25) is 4.98 Å². The van der Waals surface area contributed by atoms with E-state index in [0.717, 1.165) is 12.8 Å². The largest absolute Gasteiger partial charge is 0.324 e. The summed E-state index contributed by atoms with van der Waals surface area (Å²) >= 11 is 0. The first-order valence-electron chi connectivity index (χ1n) is 5.97. The van der Waals surface area contributed by atoms with Crippen molar-refractivity contribution in [2.75, 3.05) is 0 Å². The van der Waals surface area contributed by atoms with E-state index < -0.39 is 0 Å². The quantitative estimate of drug-likeness (QED) is 0.870. The zero-order chi connectivity index (χ0) is 12.1. The first-order chi connectivity index (χ1) is 8.25. The minimum atomic E-state index is 0.114. The van der Waals surface area contributed by atoms with Gasteiger partial charge in [-0.1, -0.05) is 29.8 Å². The van der Waals surface area contributed by atoms with Crippen molar-refractivity contribution in [3.05, 3.63) is 65.5 Å². The van der Waals surface area contributed by atoms with Crippen molar-refractivity contribution in [1.29, 1.82) is 0 Å². The number of nitrogens with two attached hydrogens (primary N) is 1. The molecule has 0 spiro atoms. The number of hydrogen-bond donors (Lipinski definition) is 1. The number of aryl methyl sites for hydroxylation is 2. The molecule has 0 aliphatic carbocycles. The summed E-state index contributed by atoms with van der Waals surface area (Å²) in [5.74, 6) is 0. The third kappa shape index (κ3) is 3.40. The van der Waals surface area contributed by atoms with E-state index in [1.54, 1.807) is 0 Å². The Morgan fingerprint density at radius 2 is 1.94 bits per heavy atom. The third-order valence-electron chi connectivity index (χ3n) is 2.96. The van der Waals surface area contributed by atoms with E-state index in [9.17, 15) is 0 Å². The Balaban J connectivity index is 1.96. The van der Waals surface area contributed by atoms with Crippen molar-refractivity contribution in [1.82, 2.24) is 4.98 Å². The van der Waals surface area contributed by atoms with Gasteiger partial charge in [0.15, 0.2) is 0 Å². The van der Waals surface area contributed by atoms with Crippen molar-refractivity contribution >= 4 is 0 Å². The molecule has 0 fully saturated rings. The molecule has 2 N–H and O–H groups in total. The first-order valence-corrected chi connectivity index (χ1v) is 5.97. The van der Waals surface area contributed by atoms with Crippen LogP contribution in [0.1, 0.15) is 29.2 Å². The van der Waals surface area contributed by atoms with E-state index in [1.807, 2.05) is 24.5 Å². The highest BCUT2D eigenvalue weighted by atomic mass is 14.6. The Morgan fingerprint density at radius 1 is 1.18 bits per heavy atom. The summed E-state index contributed by atoms with van der Waals surface area (Å²) in [7, 11) is 0. The van der Waals surface area contributed by atoms with E-state index in [0.29, 0.717) is 0 Å². The average Bonchev–Trinajstić information content (AvgIpc) is 2.37. The Hall–Kier alpha value is -1.67. The highest BCUT2D eigenvalue weighted by Crippen LogP contribution is 2.17. The van der Waals surface area contributed by atoms with Crippen LogP contribution in [0.25, 0.3) is 0 Å². The zero-order valence-electron chi connectivity index (χ0n) is 10.1. The molecule has 1 atom stereocenters. The molecule has 88 valence electrons. The standard InChI is InChI=1S/C15H18N2/c1-12-3-2-4-14(11-12)15(16)6-5-13-7-9-17-10-8-13/h2-4,7-11,15H,5-6,16H2,1H3. The summed E-state index contributed by atoms with van der Waals surface area (Å²) < 4.78 is 0. The van der Waals surface area contributed by atoms with Crippen LogP contribution in [0.15, 0.2) is 48.8 Å². The Kier molecular flexibility index (Phi) is 3.89. The SMILES string of the molecule is Cc1cccc(C(N)CCc2ccncc2)c1. The lowest BCUT2D eigenvalue weighted by molar-refractivity contribution is 0.650. The topological polar surface area (TPSA) is 38.9 Å². The second-order valence-corrected chi connectivity index (χ2v) is 4.41. The van der Waals surface area contributed by atoms with Gasteiger partial charge in [-0.15, -0.1) is 0 Å². The molecule has 2 aromatic rings. The Morgan fingerprint density at radius 3 is 2.65 bits per heavy atom. The minimum Gasteiger partial charge on any atom is -0.324 e. The van der Waals surface area contributed by atoms with Gasteiger partial charge >= 0.3 is 0 Å². The lowest BCUT2D eigenvalue weighted by Gasteiger charge is -2.12. The van der Waals surface area contributed by atoms with Crippen molar-refractivity contribution in [3.8, 4) is 0 Å². The van der Waals surface area contributed by atoms with Crippen molar-refractivity contribution in [2.45, 2.75) is 25.8 Å². The summed E-state index contributed by atoms with van der Waals surface area (Å²) in [5, 5.41) is 0. The maximum absolute atomic E-state index is 6.20. The number of rotatable bonds is 4. The number of aromatic nitrogens is 1. The van der Waals surface area contributed by atoms with Crippen LogP contribution in [0.4, 0.5) is 0 Å². The van der Waals surface area contributed by atoms with Crippen LogP contribution >= 0.6 is 0 Å². The third-order valence-corrected chi connectivity index (χ3v) is 2.96. The maximum Gasteiger partial charge on any atom is 0.0298 e. The Labute approximate surface area is 103 Å². The molecular weight excluding hydrogens is 208 g/mol. The van der Waals surface area contributed by atoms with Gasteiger partial charge in [0.25, 0.3) is 0 Å². The number of nitrogens with zero attached hydrogens (tertiary/aromatic N) is 1. The van der Waals surface area contributed by atoms with Crippen LogP contribution in [0.5, 0.6) is 0 Å². The van der Waals surface area contributed by atoms with Crippen LogP contribution in [0.2, 0.25) is 0 Å². The van der Waals surface area contributed by atoms with Gasteiger partial charge in [0.1, 0.15) is 0 Å². The zero-order valence-corrected chi connectivity index (χ0v) is 10.1. The molecule has 2 nitrogen and oxygen atoms in total. The maximum atomic E-state index is 6.20. The van der Waals surface area contributed by atoms with Gasteiger partial charge in [0.05, 0.1) is 0 Å². The minimum absolute atomic E-state index is 0.114. The van der Waals surface area contributed by atoms with Gasteiger partial charge in [-0.2, -0.15) is 0 Å². The van der Waals surface area contributed by atoms with Crippen LogP contribution in [0, 0.1) is 6.92 Å². The molecule has 1 aromatic carbocycles. The molecule has 0 amide bonds. The van der Waals surface area contributed by atoms with Crippen LogP contribution < -0.4 is 5.73 Å². The number of benzene rings is 1. The van der Waals surface area contributed by atoms with E-state index in [1.165, 1.54) is 16.7 Å². The molecule has 0 bridgehead atoms. The molecule has 2 rings (SSSR count). The first kappa shape index (κ1) is 11.8. The molecule has 1 unspecified atom stereocenters. The second kappa shape index (κ2) is 5.60. The summed E-state index contributed by atoms with van der Waals surface area (Å²) in [6.07, 6.45) is 5.62. The van der Waals surface area contributed by atoms with E-state index in [2.05, 4.69) is 36.2 Å². The van der Waals surface area contributed by atoms with Crippen molar-refractivity contribution in [3.63, 3.8) is 0 Å². The summed E-state index contributed by atoms with van der Waals surface area (Å²) in [6, 6.07) is 12.6. The Bertz CT molecular complexity index is 465. The molecule has 0 saturated heterocycles. The van der Waals surface area contributed by atoms with E-state index in [4.69, 9.17) is 5.73 Å². The summed E-state index contributed by atoms with van der Waals surface area (Å²) in [5.41, 5.74) is 9.98. The monoisotopic (exact) mass is 226 g/mol. The fraction of sp³-hybridized carbons (Fsp3) is 0.267. The van der Waals surface area contributed by atoms with Crippen LogP contribution in [0.3, 0.4) is 0 Å². The van der Waals surface area contributed by atoms with E-state index in [-0.39, 0.29) is 6.04 Å². The smallest absolute Gasteiger partial charge is 0.0298 e. The second-order valence-electron chi connectivity index (χ2n) is 4.41. The van der Waals surface area contributed by atoms with Gasteiger partial charge in [0, 0.05) is 18.4 Å². The number of hydrogen-bond acceptors (Lipinski definition) is 2. The average molecular weight is 226 g/mol. The lowest BCUT2D eigenvalue weighted by atomic mass is 9.99. The fourth-order valence-corrected chi connectivity index (χ4v) is 1.94. The molecule has 2 heteroatoms. The molecule has 0 aliphatic rings. The van der Waals surface area contributed by atoms with Gasteiger partial charge in [-0.05, 0) is 43.0 Å². The van der Waals surface area contributed by atoms with E-state index >= 15 is 0 Å². The van der Waals surface area contributed by atoms with Gasteiger partial charge < -0.3 is 5.73 Å². The summed E-state index contributed by atoms with van der Waals surface area (Å²) in [6.45, 7) is 2.10. The highest BCUT2D eigenvalue weighted by molar-refractivity contribution is 5.25.